The highest BCUT2D eigenvalue weighted by Gasteiger charge is 2.04. The van der Waals surface area contributed by atoms with Crippen molar-refractivity contribution in [1.29, 1.82) is 0 Å². The van der Waals surface area contributed by atoms with Crippen LogP contribution >= 0.6 is 0 Å². The fourth-order valence-corrected chi connectivity index (χ4v) is 1.03. The van der Waals surface area contributed by atoms with Crippen molar-refractivity contribution >= 4 is 11.7 Å². The third-order valence-corrected chi connectivity index (χ3v) is 1.74. The van der Waals surface area contributed by atoms with Gasteiger partial charge in [0.05, 0.1) is 0 Å². The third kappa shape index (κ3) is 3.45. The summed E-state index contributed by atoms with van der Waals surface area (Å²) < 4.78 is 0. The molecule has 0 saturated heterocycles. The average Bonchev–Trinajstić information content (AvgIpc) is 2.26. The van der Waals surface area contributed by atoms with Gasteiger partial charge in [0.25, 0.3) is 5.91 Å². The first kappa shape index (κ1) is 11.8. The number of amidine groups is 1. The van der Waals surface area contributed by atoms with Gasteiger partial charge in [0, 0.05) is 12.6 Å². The summed E-state index contributed by atoms with van der Waals surface area (Å²) in [7, 11) is 1.71. The molecule has 0 radical (unpaired) electrons. The van der Waals surface area contributed by atoms with E-state index < -0.39 is 5.91 Å². The molecule has 0 aliphatic rings. The molecule has 0 aliphatic carbocycles. The van der Waals surface area contributed by atoms with Crippen molar-refractivity contribution in [1.82, 2.24) is 5.32 Å². The molecular formula is C11H13N3O2. The molecule has 0 aliphatic heterocycles. The number of nitrogens with one attached hydrogen (secondary N) is 1. The molecule has 1 aromatic carbocycles. The number of rotatable bonds is 3. The van der Waals surface area contributed by atoms with Crippen LogP contribution in [0.2, 0.25) is 0 Å². The summed E-state index contributed by atoms with van der Waals surface area (Å²) in [5.41, 5.74) is 5.77. The summed E-state index contributed by atoms with van der Waals surface area (Å²) in [5.74, 6) is -0.373. The predicted octanol–water partition coefficient (Wildman–Crippen LogP) is 0.623. The first-order chi connectivity index (χ1) is 7.63. The average molecular weight is 219 g/mol. The Morgan fingerprint density at radius 2 is 2.31 bits per heavy atom. The van der Waals surface area contributed by atoms with Crippen LogP contribution in [0.25, 0.3) is 0 Å². The van der Waals surface area contributed by atoms with E-state index in [1.807, 2.05) is 0 Å². The van der Waals surface area contributed by atoms with Crippen LogP contribution in [0.1, 0.15) is 10.4 Å². The Kier molecular flexibility index (Phi) is 4.08. The lowest BCUT2D eigenvalue weighted by Gasteiger charge is -1.97. The summed E-state index contributed by atoms with van der Waals surface area (Å²) in [6, 6.07) is 5.93. The smallest absolute Gasteiger partial charge is 0.279 e. The lowest BCUT2D eigenvalue weighted by molar-refractivity contribution is 0.100. The Morgan fingerprint density at radius 1 is 1.56 bits per heavy atom. The van der Waals surface area contributed by atoms with Crippen molar-refractivity contribution in [2.45, 2.75) is 0 Å². The van der Waals surface area contributed by atoms with Gasteiger partial charge in [-0.25, -0.2) is 0 Å². The van der Waals surface area contributed by atoms with Crippen molar-refractivity contribution in [3.63, 3.8) is 0 Å². The Balaban J connectivity index is 2.83. The predicted molar refractivity (Wildman–Crippen MR) is 62.3 cm³/mol. The van der Waals surface area contributed by atoms with E-state index in [1.165, 1.54) is 18.2 Å². The Labute approximate surface area is 93.3 Å². The number of carbonyl (C=O) groups excluding carboxylic acids is 1. The summed E-state index contributed by atoms with van der Waals surface area (Å²) in [5, 5.41) is 11.9. The zero-order chi connectivity index (χ0) is 12.0. The number of hydrogen-bond acceptors (Lipinski definition) is 3. The van der Waals surface area contributed by atoms with Crippen LogP contribution < -0.4 is 11.1 Å². The molecule has 0 bridgehead atoms. The van der Waals surface area contributed by atoms with Crippen LogP contribution in [0.4, 0.5) is 0 Å². The van der Waals surface area contributed by atoms with Crippen molar-refractivity contribution in [3.05, 3.63) is 42.1 Å². The zero-order valence-electron chi connectivity index (χ0n) is 8.84. The standard InChI is InChI=1S/C11H13N3O2/c1-13-6-5-10(12)14-11(16)8-3-2-4-9(15)7-8/h2-7,13,15H,1H3,(H2,12,14,16)/b6-5-. The monoisotopic (exact) mass is 219 g/mol. The third-order valence-electron chi connectivity index (χ3n) is 1.74. The second-order valence-corrected chi connectivity index (χ2v) is 3.01. The van der Waals surface area contributed by atoms with Crippen molar-refractivity contribution in [2.75, 3.05) is 7.05 Å². The van der Waals surface area contributed by atoms with Gasteiger partial charge in [-0.05, 0) is 30.5 Å². The van der Waals surface area contributed by atoms with Crippen LogP contribution in [0.15, 0.2) is 41.5 Å². The highest BCUT2D eigenvalue weighted by molar-refractivity contribution is 6.06. The molecule has 5 heteroatoms. The topological polar surface area (TPSA) is 87.7 Å². The maximum Gasteiger partial charge on any atom is 0.279 e. The quantitative estimate of drug-likeness (QED) is 0.513. The number of phenols is 1. The molecule has 0 aromatic heterocycles. The van der Waals surface area contributed by atoms with E-state index in [2.05, 4.69) is 10.3 Å². The van der Waals surface area contributed by atoms with Crippen molar-refractivity contribution in [3.8, 4) is 5.75 Å². The molecule has 0 heterocycles. The first-order valence-corrected chi connectivity index (χ1v) is 4.65. The van der Waals surface area contributed by atoms with E-state index in [9.17, 15) is 9.90 Å². The molecule has 1 rings (SSSR count). The van der Waals surface area contributed by atoms with Crippen LogP contribution in [0.5, 0.6) is 5.75 Å². The molecule has 1 aromatic rings. The zero-order valence-corrected chi connectivity index (χ0v) is 8.84. The maximum absolute atomic E-state index is 11.5. The number of amides is 1. The second-order valence-electron chi connectivity index (χ2n) is 3.01. The number of benzene rings is 1. The van der Waals surface area contributed by atoms with Gasteiger partial charge in [-0.1, -0.05) is 6.07 Å². The normalized spacial score (nSPS) is 11.7. The number of phenolic OH excluding ortho intramolecular Hbond substituents is 1. The molecule has 16 heavy (non-hydrogen) atoms. The summed E-state index contributed by atoms with van der Waals surface area (Å²) in [6.45, 7) is 0. The van der Waals surface area contributed by atoms with Gasteiger partial charge >= 0.3 is 0 Å². The molecule has 84 valence electrons. The van der Waals surface area contributed by atoms with Crippen molar-refractivity contribution < 1.29 is 9.90 Å². The first-order valence-electron chi connectivity index (χ1n) is 4.65. The molecule has 0 saturated carbocycles. The molecule has 0 atom stereocenters. The minimum Gasteiger partial charge on any atom is -0.508 e. The maximum atomic E-state index is 11.5. The van der Waals surface area contributed by atoms with E-state index in [1.54, 1.807) is 25.4 Å². The van der Waals surface area contributed by atoms with E-state index in [-0.39, 0.29) is 11.6 Å². The Bertz CT molecular complexity index is 439. The van der Waals surface area contributed by atoms with E-state index in [0.29, 0.717) is 5.56 Å². The largest absolute Gasteiger partial charge is 0.508 e. The second kappa shape index (κ2) is 5.55. The van der Waals surface area contributed by atoms with Gasteiger partial charge in [-0.15, -0.1) is 0 Å². The number of nitrogens with zero attached hydrogens (tertiary/aromatic N) is 1. The minimum atomic E-state index is -0.492. The number of hydrogen-bond donors (Lipinski definition) is 3. The molecule has 5 nitrogen and oxygen atoms in total. The van der Waals surface area contributed by atoms with Gasteiger partial charge in [0.2, 0.25) is 0 Å². The van der Waals surface area contributed by atoms with E-state index in [0.717, 1.165) is 0 Å². The number of carbonyl (C=O) groups is 1. The van der Waals surface area contributed by atoms with Crippen LogP contribution in [0.3, 0.4) is 0 Å². The minimum absolute atomic E-state index is 0.0189. The van der Waals surface area contributed by atoms with Gasteiger partial charge in [-0.2, -0.15) is 4.99 Å². The molecule has 0 spiro atoms. The molecular weight excluding hydrogens is 206 g/mol. The number of nitrogens with two attached hydrogens (primary N) is 1. The molecule has 0 fully saturated rings. The SMILES string of the molecule is CN/C=C\C(N)=NC(=O)c1cccc(O)c1. The fraction of sp³-hybridized carbons (Fsp3) is 0.0909. The van der Waals surface area contributed by atoms with E-state index in [4.69, 9.17) is 5.73 Å². The molecule has 1 amide bonds. The lowest BCUT2D eigenvalue weighted by atomic mass is 10.2. The number of aromatic hydroxyl groups is 1. The van der Waals surface area contributed by atoms with Gasteiger partial charge in [0.1, 0.15) is 11.6 Å². The van der Waals surface area contributed by atoms with Gasteiger partial charge in [0.15, 0.2) is 0 Å². The summed E-state index contributed by atoms with van der Waals surface area (Å²) in [6.07, 6.45) is 3.04. The van der Waals surface area contributed by atoms with Gasteiger partial charge in [-0.3, -0.25) is 4.79 Å². The van der Waals surface area contributed by atoms with Crippen LogP contribution in [0, 0.1) is 0 Å². The Morgan fingerprint density at radius 3 is 2.94 bits per heavy atom. The van der Waals surface area contributed by atoms with Crippen LogP contribution in [-0.2, 0) is 0 Å². The van der Waals surface area contributed by atoms with Crippen molar-refractivity contribution in [2.24, 2.45) is 10.7 Å². The van der Waals surface area contributed by atoms with Crippen LogP contribution in [-0.4, -0.2) is 23.9 Å². The van der Waals surface area contributed by atoms with E-state index >= 15 is 0 Å². The molecule has 0 unspecified atom stereocenters. The lowest BCUT2D eigenvalue weighted by Crippen LogP contribution is -2.12. The number of aliphatic imine (C=N–C) groups is 1. The van der Waals surface area contributed by atoms with Gasteiger partial charge < -0.3 is 16.2 Å². The Hall–Kier alpha value is -2.30. The summed E-state index contributed by atoms with van der Waals surface area (Å²) >= 11 is 0. The molecule has 4 N–H and O–H groups in total. The highest BCUT2D eigenvalue weighted by Crippen LogP contribution is 2.11. The summed E-state index contributed by atoms with van der Waals surface area (Å²) in [4.78, 5) is 15.2. The highest BCUT2D eigenvalue weighted by atomic mass is 16.3. The fourth-order valence-electron chi connectivity index (χ4n) is 1.03.